The first-order valence-electron chi connectivity index (χ1n) is 10.4. The largest absolute Gasteiger partial charge is 0.493 e. The van der Waals surface area contributed by atoms with E-state index in [0.29, 0.717) is 50.6 Å². The minimum atomic E-state index is -0.288. The summed E-state index contributed by atoms with van der Waals surface area (Å²) in [5, 5.41) is 8.02. The predicted molar refractivity (Wildman–Crippen MR) is 126 cm³/mol. The van der Waals surface area contributed by atoms with Crippen LogP contribution in [0.25, 0.3) is 33.5 Å². The number of ether oxygens (including phenoxy) is 2. The van der Waals surface area contributed by atoms with Gasteiger partial charge in [-0.2, -0.15) is 5.10 Å². The van der Waals surface area contributed by atoms with Crippen molar-refractivity contribution in [2.24, 2.45) is 7.05 Å². The van der Waals surface area contributed by atoms with E-state index < -0.39 is 0 Å². The summed E-state index contributed by atoms with van der Waals surface area (Å²) in [5.74, 6) is 1.53. The second-order valence-electron chi connectivity index (χ2n) is 7.70. The number of hydrogen-bond donors (Lipinski definition) is 3. The Morgan fingerprint density at radius 1 is 1.09 bits per heavy atom. The van der Waals surface area contributed by atoms with Gasteiger partial charge in [-0.25, -0.2) is 4.98 Å². The molecule has 0 spiro atoms. The molecule has 0 saturated heterocycles. The molecule has 0 aliphatic heterocycles. The lowest BCUT2D eigenvalue weighted by atomic mass is 10.1. The van der Waals surface area contributed by atoms with Crippen LogP contribution in [0.4, 0.5) is 5.69 Å². The van der Waals surface area contributed by atoms with Gasteiger partial charge >= 0.3 is 0 Å². The lowest BCUT2D eigenvalue weighted by Crippen LogP contribution is -2.16. The number of aryl methyl sites for hydroxylation is 1. The summed E-state index contributed by atoms with van der Waals surface area (Å²) in [4.78, 5) is 28.5. The minimum absolute atomic E-state index is 0.179. The smallest absolute Gasteiger partial charge is 0.261 e. The molecule has 0 bridgehead atoms. The van der Waals surface area contributed by atoms with Crippen LogP contribution >= 0.6 is 0 Å². The van der Waals surface area contributed by atoms with Crippen LogP contribution in [-0.4, -0.2) is 43.9 Å². The third-order valence-electron chi connectivity index (χ3n) is 5.51. The first-order valence-corrected chi connectivity index (χ1v) is 10.4. The Balaban J connectivity index is 1.71. The molecular weight excluding hydrogens is 422 g/mol. The van der Waals surface area contributed by atoms with Crippen molar-refractivity contribution in [3.8, 4) is 22.9 Å². The zero-order valence-corrected chi connectivity index (χ0v) is 18.6. The number of aromatic nitrogens is 6. The topological polar surface area (TPSA) is 123 Å². The average Bonchev–Trinajstić information content (AvgIpc) is 3.40. The van der Waals surface area contributed by atoms with Crippen molar-refractivity contribution in [3.05, 3.63) is 58.8 Å². The molecular formula is C23H23N7O3. The molecule has 3 N–H and O–H groups in total. The fourth-order valence-corrected chi connectivity index (χ4v) is 3.93. The number of anilines is 1. The van der Waals surface area contributed by atoms with E-state index in [9.17, 15) is 4.79 Å². The van der Waals surface area contributed by atoms with Gasteiger partial charge in [0.25, 0.3) is 5.56 Å². The van der Waals surface area contributed by atoms with Crippen molar-refractivity contribution in [1.29, 1.82) is 0 Å². The number of hydrogen-bond acceptors (Lipinski definition) is 7. The van der Waals surface area contributed by atoms with Gasteiger partial charge in [-0.1, -0.05) is 6.07 Å². The number of methoxy groups -OCH3 is 2. The van der Waals surface area contributed by atoms with Crippen molar-refractivity contribution in [3.63, 3.8) is 0 Å². The maximum atomic E-state index is 13.2. The van der Waals surface area contributed by atoms with Gasteiger partial charge in [0.15, 0.2) is 11.5 Å². The number of nitrogens with one attached hydrogen (secondary N) is 3. The third-order valence-corrected chi connectivity index (χ3v) is 5.51. The first kappa shape index (κ1) is 20.6. The molecule has 4 aromatic heterocycles. The molecule has 10 nitrogen and oxygen atoms in total. The van der Waals surface area contributed by atoms with Gasteiger partial charge in [-0.05, 0) is 19.1 Å². The Kier molecular flexibility index (Phi) is 4.97. The highest BCUT2D eigenvalue weighted by Crippen LogP contribution is 2.35. The summed E-state index contributed by atoms with van der Waals surface area (Å²) in [6.07, 6.45) is 3.51. The number of imidazole rings is 1. The van der Waals surface area contributed by atoms with E-state index in [1.807, 2.05) is 32.2 Å². The van der Waals surface area contributed by atoms with Crippen molar-refractivity contribution in [2.75, 3.05) is 19.5 Å². The lowest BCUT2D eigenvalue weighted by molar-refractivity contribution is 0.356. The number of H-pyrrole nitrogens is 2. The maximum Gasteiger partial charge on any atom is 0.261 e. The van der Waals surface area contributed by atoms with E-state index in [1.54, 1.807) is 43.4 Å². The van der Waals surface area contributed by atoms with Crippen LogP contribution in [0.1, 0.15) is 18.7 Å². The zero-order valence-electron chi connectivity index (χ0n) is 18.6. The first-order chi connectivity index (χ1) is 16.0. The number of pyridine rings is 2. The second kappa shape index (κ2) is 7.97. The normalized spacial score (nSPS) is 12.2. The Bertz CT molecular complexity index is 1480. The van der Waals surface area contributed by atoms with Crippen LogP contribution in [0.15, 0.2) is 47.5 Å². The van der Waals surface area contributed by atoms with E-state index in [-0.39, 0.29) is 11.6 Å². The van der Waals surface area contributed by atoms with Crippen LogP contribution in [0.5, 0.6) is 11.5 Å². The monoisotopic (exact) mass is 445 g/mol. The molecule has 1 aromatic carbocycles. The molecule has 0 amide bonds. The van der Waals surface area contributed by atoms with Gasteiger partial charge in [0.1, 0.15) is 16.9 Å². The molecule has 0 aliphatic carbocycles. The van der Waals surface area contributed by atoms with Crippen LogP contribution in [0, 0.1) is 0 Å². The average molecular weight is 445 g/mol. The van der Waals surface area contributed by atoms with Crippen LogP contribution in [-0.2, 0) is 7.05 Å². The Hall–Kier alpha value is -4.34. The molecule has 1 atom stereocenters. The molecule has 0 unspecified atom stereocenters. The quantitative estimate of drug-likeness (QED) is 0.366. The molecule has 0 aliphatic rings. The molecule has 5 aromatic rings. The third kappa shape index (κ3) is 3.55. The zero-order chi connectivity index (χ0) is 23.1. The Labute approximate surface area is 188 Å². The summed E-state index contributed by atoms with van der Waals surface area (Å²) in [6, 6.07) is 9.10. The SMILES string of the molecule is COc1cc2nc(-c3c(N[C@@H](C)c4ccccn4)c4nn(C)cc4[nH]c3=O)[nH]c2cc1OC. The van der Waals surface area contributed by atoms with E-state index in [1.165, 1.54) is 0 Å². The van der Waals surface area contributed by atoms with Gasteiger partial charge in [0, 0.05) is 31.6 Å². The highest BCUT2D eigenvalue weighted by Gasteiger charge is 2.22. The van der Waals surface area contributed by atoms with E-state index in [4.69, 9.17) is 9.47 Å². The number of nitrogens with zero attached hydrogens (tertiary/aromatic N) is 4. The van der Waals surface area contributed by atoms with Crippen LogP contribution < -0.4 is 20.3 Å². The number of aromatic amines is 2. The molecule has 33 heavy (non-hydrogen) atoms. The molecule has 5 rings (SSSR count). The number of fused-ring (bicyclic) bond motifs is 2. The lowest BCUT2D eigenvalue weighted by Gasteiger charge is -2.17. The van der Waals surface area contributed by atoms with E-state index in [2.05, 4.69) is 30.4 Å². The fourth-order valence-electron chi connectivity index (χ4n) is 3.93. The summed E-state index contributed by atoms with van der Waals surface area (Å²) < 4.78 is 12.4. The molecule has 4 heterocycles. The molecule has 0 fully saturated rings. The minimum Gasteiger partial charge on any atom is -0.493 e. The summed E-state index contributed by atoms with van der Waals surface area (Å²) in [6.45, 7) is 1.98. The van der Waals surface area contributed by atoms with Crippen molar-refractivity contribution in [2.45, 2.75) is 13.0 Å². The van der Waals surface area contributed by atoms with Crippen LogP contribution in [0.2, 0.25) is 0 Å². The number of benzene rings is 1. The maximum absolute atomic E-state index is 13.2. The molecule has 0 saturated carbocycles. The van der Waals surface area contributed by atoms with Gasteiger partial charge in [0.05, 0.1) is 48.2 Å². The summed E-state index contributed by atoms with van der Waals surface area (Å²) in [7, 11) is 4.95. The molecule has 168 valence electrons. The standard InChI is InChI=1S/C23H23N7O3/c1-12(13-7-5-6-8-24-13)25-21-19(23(31)28-16-11-30(2)29-20(16)21)22-26-14-9-17(32-3)18(33-4)10-15(14)27-22/h5-12,25H,1-4H3,(H,26,27)(H,28,31)/t12-/m0/s1. The Morgan fingerprint density at radius 2 is 1.88 bits per heavy atom. The highest BCUT2D eigenvalue weighted by molar-refractivity contribution is 5.96. The van der Waals surface area contributed by atoms with E-state index in [0.717, 1.165) is 5.69 Å². The van der Waals surface area contributed by atoms with E-state index >= 15 is 0 Å². The van der Waals surface area contributed by atoms with Crippen molar-refractivity contribution < 1.29 is 9.47 Å². The van der Waals surface area contributed by atoms with Crippen molar-refractivity contribution >= 4 is 27.8 Å². The van der Waals surface area contributed by atoms with Gasteiger partial charge < -0.3 is 24.8 Å². The van der Waals surface area contributed by atoms with Gasteiger partial charge in [-0.3, -0.25) is 14.5 Å². The molecule has 0 radical (unpaired) electrons. The fraction of sp³-hybridized carbons (Fsp3) is 0.217. The van der Waals surface area contributed by atoms with Crippen molar-refractivity contribution in [1.82, 2.24) is 29.7 Å². The van der Waals surface area contributed by atoms with Gasteiger partial charge in [-0.15, -0.1) is 0 Å². The molecule has 10 heteroatoms. The number of rotatable bonds is 6. The van der Waals surface area contributed by atoms with Gasteiger partial charge in [0.2, 0.25) is 0 Å². The Morgan fingerprint density at radius 3 is 2.61 bits per heavy atom. The van der Waals surface area contributed by atoms with Crippen LogP contribution in [0.3, 0.4) is 0 Å². The predicted octanol–water partition coefficient (Wildman–Crippen LogP) is 3.39. The second-order valence-corrected chi connectivity index (χ2v) is 7.70. The highest BCUT2D eigenvalue weighted by atomic mass is 16.5. The summed E-state index contributed by atoms with van der Waals surface area (Å²) in [5.41, 5.74) is 4.10. The summed E-state index contributed by atoms with van der Waals surface area (Å²) >= 11 is 0.